The molecule has 0 bridgehead atoms. The Morgan fingerprint density at radius 3 is 2.63 bits per heavy atom. The maximum atomic E-state index is 9.70. The number of aliphatic imine (C=N–C) groups is 1. The number of aromatic nitrogens is 3. The van der Waals surface area contributed by atoms with Gasteiger partial charge in [-0.05, 0) is 24.6 Å². The largest absolute Gasteiger partial charge is 0.396 e. The molecule has 1 atom stereocenters. The van der Waals surface area contributed by atoms with Crippen LogP contribution in [0.2, 0.25) is 0 Å². The smallest absolute Gasteiger partial charge is 0.276 e. The molecule has 2 heterocycles. The van der Waals surface area contributed by atoms with Crippen molar-refractivity contribution in [3.8, 4) is 11.6 Å². The van der Waals surface area contributed by atoms with E-state index in [1.165, 1.54) is 0 Å². The third kappa shape index (κ3) is 7.06. The topological polar surface area (TPSA) is 108 Å². The van der Waals surface area contributed by atoms with E-state index >= 15 is 0 Å². The lowest BCUT2D eigenvalue weighted by molar-refractivity contribution is 0.268. The van der Waals surface area contributed by atoms with E-state index in [0.29, 0.717) is 42.9 Å². The van der Waals surface area contributed by atoms with E-state index in [1.54, 1.807) is 6.20 Å². The summed E-state index contributed by atoms with van der Waals surface area (Å²) in [6, 6.07) is 15.5. The summed E-state index contributed by atoms with van der Waals surface area (Å²) in [6.07, 6.45) is 2.28. The summed E-state index contributed by atoms with van der Waals surface area (Å²) in [5, 5.41) is 20.2. The summed E-state index contributed by atoms with van der Waals surface area (Å²) in [5.41, 5.74) is 1.73. The highest BCUT2D eigenvalue weighted by Crippen LogP contribution is 2.15. The minimum Gasteiger partial charge on any atom is -0.396 e. The fraction of sp³-hybridized carbons (Fsp3) is 0.333. The number of nitrogens with zero attached hydrogens (tertiary/aromatic N) is 4. The molecule has 160 valence electrons. The van der Waals surface area contributed by atoms with Crippen LogP contribution in [0.3, 0.4) is 0 Å². The van der Waals surface area contributed by atoms with Crippen LogP contribution in [0.1, 0.15) is 24.2 Å². The number of pyridine rings is 1. The maximum Gasteiger partial charge on any atom is 0.276 e. The molecule has 9 heteroatoms. The van der Waals surface area contributed by atoms with Gasteiger partial charge in [0.25, 0.3) is 5.89 Å². The van der Waals surface area contributed by atoms with Gasteiger partial charge < -0.3 is 20.3 Å². The van der Waals surface area contributed by atoms with Crippen molar-refractivity contribution in [3.05, 3.63) is 66.1 Å². The number of hydrogen-bond acceptors (Lipinski definition) is 6. The van der Waals surface area contributed by atoms with Crippen molar-refractivity contribution in [1.82, 2.24) is 25.8 Å². The molecule has 8 nitrogen and oxygen atoms in total. The fourth-order valence-electron chi connectivity index (χ4n) is 2.78. The monoisotopic (exact) mass is 522 g/mol. The molecular formula is C21H27IN6O2. The average Bonchev–Trinajstić information content (AvgIpc) is 3.24. The predicted molar refractivity (Wildman–Crippen MR) is 127 cm³/mol. The second kappa shape index (κ2) is 12.9. The summed E-state index contributed by atoms with van der Waals surface area (Å²) < 4.78 is 5.27. The molecule has 1 unspecified atom stereocenters. The summed E-state index contributed by atoms with van der Waals surface area (Å²) in [6.45, 7) is 3.89. The number of aliphatic hydroxyl groups is 1. The maximum absolute atomic E-state index is 9.70. The zero-order valence-corrected chi connectivity index (χ0v) is 19.2. The molecule has 0 aliphatic heterocycles. The number of benzene rings is 1. The quantitative estimate of drug-likeness (QED) is 0.225. The Kier molecular flexibility index (Phi) is 10.2. The van der Waals surface area contributed by atoms with Gasteiger partial charge in [0.2, 0.25) is 0 Å². The standard InChI is InChI=1S/C21H26N6O2.HI/c1-2-22-21(25-14-17(15-28)16-8-4-3-5-9-16)24-13-11-19-26-20(29-27-19)18-10-6-7-12-23-18;/h3-10,12,17,28H,2,11,13-15H2,1H3,(H2,22,24,25);1H. The normalized spacial score (nSPS) is 12.1. The lowest BCUT2D eigenvalue weighted by Crippen LogP contribution is -2.38. The van der Waals surface area contributed by atoms with Crippen LogP contribution in [0, 0.1) is 0 Å². The first kappa shape index (κ1) is 23.7. The minimum absolute atomic E-state index is 0. The third-order valence-electron chi connectivity index (χ3n) is 4.30. The highest BCUT2D eigenvalue weighted by Gasteiger charge is 2.11. The lowest BCUT2D eigenvalue weighted by Gasteiger charge is -2.15. The number of hydrogen-bond donors (Lipinski definition) is 3. The van der Waals surface area contributed by atoms with Gasteiger partial charge >= 0.3 is 0 Å². The molecule has 3 N–H and O–H groups in total. The summed E-state index contributed by atoms with van der Waals surface area (Å²) in [4.78, 5) is 13.2. The molecule has 0 amide bonds. The van der Waals surface area contributed by atoms with E-state index in [9.17, 15) is 5.11 Å². The summed E-state index contributed by atoms with van der Waals surface area (Å²) >= 11 is 0. The van der Waals surface area contributed by atoms with E-state index < -0.39 is 0 Å². The van der Waals surface area contributed by atoms with E-state index in [1.807, 2.05) is 55.5 Å². The van der Waals surface area contributed by atoms with Crippen molar-refractivity contribution in [2.45, 2.75) is 19.3 Å². The first-order valence-electron chi connectivity index (χ1n) is 9.72. The van der Waals surface area contributed by atoms with Crippen LogP contribution in [-0.4, -0.2) is 52.4 Å². The number of guanidine groups is 1. The molecule has 1 aromatic carbocycles. The van der Waals surface area contributed by atoms with Crippen molar-refractivity contribution in [1.29, 1.82) is 0 Å². The molecule has 3 aromatic rings. The Bertz CT molecular complexity index is 889. The van der Waals surface area contributed by atoms with Crippen LogP contribution >= 0.6 is 24.0 Å². The van der Waals surface area contributed by atoms with Crippen molar-refractivity contribution in [3.63, 3.8) is 0 Å². The SMILES string of the molecule is CCNC(=NCC(CO)c1ccccc1)NCCc1noc(-c2ccccn2)n1.I. The van der Waals surface area contributed by atoms with Crippen LogP contribution in [0.15, 0.2) is 64.2 Å². The zero-order chi connectivity index (χ0) is 20.3. The molecule has 2 aromatic heterocycles. The number of aliphatic hydroxyl groups excluding tert-OH is 1. The first-order valence-corrected chi connectivity index (χ1v) is 9.72. The van der Waals surface area contributed by atoms with E-state index in [0.717, 1.165) is 12.1 Å². The van der Waals surface area contributed by atoms with Crippen molar-refractivity contribution < 1.29 is 9.63 Å². The second-order valence-electron chi connectivity index (χ2n) is 6.42. The number of nitrogens with one attached hydrogen (secondary N) is 2. The molecule has 3 rings (SSSR count). The van der Waals surface area contributed by atoms with Crippen LogP contribution in [0.5, 0.6) is 0 Å². The number of rotatable bonds is 9. The molecule has 0 saturated heterocycles. The minimum atomic E-state index is -0.0372. The molecule has 0 saturated carbocycles. The molecule has 30 heavy (non-hydrogen) atoms. The Labute approximate surface area is 193 Å². The zero-order valence-electron chi connectivity index (χ0n) is 16.9. The highest BCUT2D eigenvalue weighted by atomic mass is 127. The molecule has 0 aliphatic rings. The average molecular weight is 522 g/mol. The molecular weight excluding hydrogens is 495 g/mol. The van der Waals surface area contributed by atoms with Gasteiger partial charge in [-0.1, -0.05) is 41.6 Å². The number of halogens is 1. The molecule has 0 aliphatic carbocycles. The van der Waals surface area contributed by atoms with Crippen LogP contribution < -0.4 is 10.6 Å². The van der Waals surface area contributed by atoms with E-state index in [2.05, 4.69) is 30.8 Å². The third-order valence-corrected chi connectivity index (χ3v) is 4.30. The van der Waals surface area contributed by atoms with Crippen LogP contribution in [0.25, 0.3) is 11.6 Å². The summed E-state index contributed by atoms with van der Waals surface area (Å²) in [5.74, 6) is 1.67. The van der Waals surface area contributed by atoms with Crippen molar-refractivity contribution in [2.75, 3.05) is 26.2 Å². The Morgan fingerprint density at radius 2 is 1.93 bits per heavy atom. The van der Waals surface area contributed by atoms with E-state index in [-0.39, 0.29) is 36.5 Å². The van der Waals surface area contributed by atoms with Crippen LogP contribution in [-0.2, 0) is 6.42 Å². The molecule has 0 radical (unpaired) electrons. The Morgan fingerprint density at radius 1 is 1.13 bits per heavy atom. The van der Waals surface area contributed by atoms with Gasteiger partial charge in [-0.3, -0.25) is 9.98 Å². The predicted octanol–water partition coefficient (Wildman–Crippen LogP) is 2.62. The second-order valence-corrected chi connectivity index (χ2v) is 6.42. The Balaban J connectivity index is 0.00000320. The van der Waals surface area contributed by atoms with Crippen molar-refractivity contribution in [2.24, 2.45) is 4.99 Å². The van der Waals surface area contributed by atoms with Gasteiger partial charge in [0.15, 0.2) is 11.8 Å². The first-order chi connectivity index (χ1) is 14.3. The lowest BCUT2D eigenvalue weighted by atomic mass is 10.0. The Hall–Kier alpha value is -2.53. The van der Waals surface area contributed by atoms with Gasteiger partial charge in [0.1, 0.15) is 5.69 Å². The highest BCUT2D eigenvalue weighted by molar-refractivity contribution is 14.0. The fourth-order valence-corrected chi connectivity index (χ4v) is 2.78. The van der Waals surface area contributed by atoms with Gasteiger partial charge in [0, 0.05) is 31.6 Å². The van der Waals surface area contributed by atoms with Gasteiger partial charge in [-0.2, -0.15) is 4.98 Å². The van der Waals surface area contributed by atoms with Gasteiger partial charge in [-0.25, -0.2) is 0 Å². The van der Waals surface area contributed by atoms with Gasteiger partial charge in [-0.15, -0.1) is 24.0 Å². The van der Waals surface area contributed by atoms with E-state index in [4.69, 9.17) is 4.52 Å². The van der Waals surface area contributed by atoms with Gasteiger partial charge in [0.05, 0.1) is 13.2 Å². The summed E-state index contributed by atoms with van der Waals surface area (Å²) in [7, 11) is 0. The van der Waals surface area contributed by atoms with Crippen molar-refractivity contribution >= 4 is 29.9 Å². The molecule has 0 spiro atoms. The van der Waals surface area contributed by atoms with Crippen LogP contribution in [0.4, 0.5) is 0 Å². The molecule has 0 fully saturated rings.